The van der Waals surface area contributed by atoms with Crippen molar-refractivity contribution < 1.29 is 13.2 Å². The molecule has 0 aliphatic carbocycles. The third-order valence-electron chi connectivity index (χ3n) is 5.28. The highest BCUT2D eigenvalue weighted by atomic mass is 32.2. The molecule has 0 unspecified atom stereocenters. The van der Waals surface area contributed by atoms with Crippen LogP contribution in [-0.2, 0) is 10.0 Å². The Hall–Kier alpha value is -3.69. The molecule has 0 fully saturated rings. The number of carbonyl (C=O) groups excluding carboxylic acids is 1. The Morgan fingerprint density at radius 2 is 1.79 bits per heavy atom. The summed E-state index contributed by atoms with van der Waals surface area (Å²) in [7, 11) is -3.78. The Kier molecular flexibility index (Phi) is 6.67. The molecule has 2 aromatic heterocycles. The van der Waals surface area contributed by atoms with Crippen LogP contribution in [0.5, 0.6) is 0 Å². The number of thiophene rings is 1. The van der Waals surface area contributed by atoms with Crippen LogP contribution in [0.1, 0.15) is 32.9 Å². The zero-order valence-corrected chi connectivity index (χ0v) is 20.6. The molecule has 9 heteroatoms. The van der Waals surface area contributed by atoms with Crippen molar-refractivity contribution in [3.63, 3.8) is 0 Å². The van der Waals surface area contributed by atoms with Crippen LogP contribution in [-0.4, -0.2) is 25.1 Å². The number of sulfonamides is 1. The maximum Gasteiger partial charge on any atom is 0.273 e. The van der Waals surface area contributed by atoms with E-state index >= 15 is 0 Å². The lowest BCUT2D eigenvalue weighted by molar-refractivity contribution is 0.0956. The van der Waals surface area contributed by atoms with Crippen molar-refractivity contribution in [1.29, 1.82) is 0 Å². The molecule has 0 saturated carbocycles. The van der Waals surface area contributed by atoms with Gasteiger partial charge in [0, 0.05) is 22.6 Å². The fourth-order valence-electron chi connectivity index (χ4n) is 3.68. The fourth-order valence-corrected chi connectivity index (χ4v) is 5.76. The quantitative estimate of drug-likeness (QED) is 0.280. The summed E-state index contributed by atoms with van der Waals surface area (Å²) in [4.78, 5) is 12.8. The second-order valence-corrected chi connectivity index (χ2v) is 10.6. The number of hydrogen-bond acceptors (Lipinski definition) is 5. The fraction of sp³-hybridized carbons (Fsp3) is 0.120. The first kappa shape index (κ1) is 23.5. The number of nitrogens with one attached hydrogen (secondary N) is 2. The lowest BCUT2D eigenvalue weighted by Gasteiger charge is -2.11. The molecule has 34 heavy (non-hydrogen) atoms. The predicted molar refractivity (Wildman–Crippen MR) is 137 cm³/mol. The van der Waals surface area contributed by atoms with Gasteiger partial charge in [-0.1, -0.05) is 30.3 Å². The zero-order valence-electron chi connectivity index (χ0n) is 18.9. The van der Waals surface area contributed by atoms with E-state index in [1.807, 2.05) is 45.0 Å². The molecule has 2 aromatic carbocycles. The lowest BCUT2D eigenvalue weighted by Crippen LogP contribution is -2.21. The molecule has 7 nitrogen and oxygen atoms in total. The lowest BCUT2D eigenvalue weighted by atomic mass is 10.2. The number of aryl methyl sites for hydroxylation is 2. The van der Waals surface area contributed by atoms with Gasteiger partial charge in [-0.25, -0.2) is 13.8 Å². The van der Waals surface area contributed by atoms with Crippen LogP contribution >= 0.6 is 11.3 Å². The van der Waals surface area contributed by atoms with Crippen molar-refractivity contribution in [2.24, 2.45) is 5.10 Å². The van der Waals surface area contributed by atoms with Crippen molar-refractivity contribution in [2.45, 2.75) is 25.0 Å². The average Bonchev–Trinajstić information content (AvgIpc) is 3.43. The van der Waals surface area contributed by atoms with Gasteiger partial charge < -0.3 is 4.57 Å². The number of rotatable bonds is 7. The van der Waals surface area contributed by atoms with Gasteiger partial charge >= 0.3 is 0 Å². The highest BCUT2D eigenvalue weighted by Crippen LogP contribution is 2.23. The minimum Gasteiger partial charge on any atom is -0.318 e. The molecule has 174 valence electrons. The molecule has 4 aromatic rings. The SMILES string of the molecule is Cc1cccc(-n2c(C)cc(/C=N/NC(=O)c3ccccc3NS(=O)(=O)c3cccs3)c2C)c1. The molecular formula is C25H24N4O3S2. The maximum absolute atomic E-state index is 12.8. The Labute approximate surface area is 202 Å². The minimum absolute atomic E-state index is 0.171. The molecule has 0 aliphatic heterocycles. The molecule has 0 saturated heterocycles. The van der Waals surface area contributed by atoms with Gasteiger partial charge in [-0.15, -0.1) is 11.3 Å². The van der Waals surface area contributed by atoms with Gasteiger partial charge in [-0.05, 0) is 68.1 Å². The van der Waals surface area contributed by atoms with E-state index < -0.39 is 15.9 Å². The summed E-state index contributed by atoms with van der Waals surface area (Å²) in [5.41, 5.74) is 7.99. The van der Waals surface area contributed by atoms with E-state index in [0.29, 0.717) is 0 Å². The van der Waals surface area contributed by atoms with Crippen molar-refractivity contribution in [3.8, 4) is 5.69 Å². The summed E-state index contributed by atoms with van der Waals surface area (Å²) in [5, 5.41) is 5.80. The highest BCUT2D eigenvalue weighted by Gasteiger charge is 2.19. The van der Waals surface area contributed by atoms with Crippen LogP contribution in [0.25, 0.3) is 5.69 Å². The Morgan fingerprint density at radius 1 is 1.00 bits per heavy atom. The number of para-hydroxylation sites is 1. The highest BCUT2D eigenvalue weighted by molar-refractivity contribution is 7.94. The number of carbonyl (C=O) groups is 1. The van der Waals surface area contributed by atoms with E-state index in [2.05, 4.69) is 25.9 Å². The second kappa shape index (κ2) is 9.66. The first-order valence-electron chi connectivity index (χ1n) is 10.5. The largest absolute Gasteiger partial charge is 0.318 e. The second-order valence-electron chi connectivity index (χ2n) is 7.78. The summed E-state index contributed by atoms with van der Waals surface area (Å²) in [6.45, 7) is 6.06. The molecule has 1 amide bonds. The molecular weight excluding hydrogens is 468 g/mol. The van der Waals surface area contributed by atoms with E-state index in [1.165, 1.54) is 11.6 Å². The van der Waals surface area contributed by atoms with Crippen LogP contribution in [0.4, 0.5) is 5.69 Å². The number of anilines is 1. The van der Waals surface area contributed by atoms with Gasteiger partial charge in [0.2, 0.25) is 0 Å². The Balaban J connectivity index is 1.52. The number of benzene rings is 2. The smallest absolute Gasteiger partial charge is 0.273 e. The standard InChI is InChI=1S/C25H24N4O3S2/c1-17-8-6-9-21(14-17)29-18(2)15-20(19(29)3)16-26-27-25(30)22-10-4-5-11-23(22)28-34(31,32)24-12-7-13-33-24/h4-16,28H,1-3H3,(H,27,30)/b26-16+. The molecule has 2 N–H and O–H groups in total. The van der Waals surface area contributed by atoms with Gasteiger partial charge in [0.1, 0.15) is 4.21 Å². The van der Waals surface area contributed by atoms with Crippen LogP contribution in [0.3, 0.4) is 0 Å². The van der Waals surface area contributed by atoms with E-state index in [0.717, 1.165) is 34.0 Å². The van der Waals surface area contributed by atoms with E-state index in [1.54, 1.807) is 41.9 Å². The van der Waals surface area contributed by atoms with Crippen LogP contribution in [0, 0.1) is 20.8 Å². The normalized spacial score (nSPS) is 11.6. The monoisotopic (exact) mass is 492 g/mol. The average molecular weight is 493 g/mol. The van der Waals surface area contributed by atoms with Crippen molar-refractivity contribution in [2.75, 3.05) is 4.72 Å². The van der Waals surface area contributed by atoms with Gasteiger partial charge in [-0.3, -0.25) is 9.52 Å². The molecule has 0 radical (unpaired) electrons. The predicted octanol–water partition coefficient (Wildman–Crippen LogP) is 5.03. The van der Waals surface area contributed by atoms with Gasteiger partial charge in [0.15, 0.2) is 0 Å². The van der Waals surface area contributed by atoms with Gasteiger partial charge in [0.25, 0.3) is 15.9 Å². The molecule has 0 bridgehead atoms. The molecule has 0 spiro atoms. The van der Waals surface area contributed by atoms with E-state index in [9.17, 15) is 13.2 Å². The van der Waals surface area contributed by atoms with Crippen LogP contribution in [0.2, 0.25) is 0 Å². The number of hydrogen-bond donors (Lipinski definition) is 2. The van der Waals surface area contributed by atoms with Crippen molar-refractivity contribution >= 4 is 39.2 Å². The number of aromatic nitrogens is 1. The summed E-state index contributed by atoms with van der Waals surface area (Å²) in [6.07, 6.45) is 1.59. The molecule has 0 aliphatic rings. The number of amides is 1. The van der Waals surface area contributed by atoms with E-state index in [-0.39, 0.29) is 15.5 Å². The van der Waals surface area contributed by atoms with Crippen LogP contribution < -0.4 is 10.1 Å². The van der Waals surface area contributed by atoms with Gasteiger partial charge in [-0.2, -0.15) is 5.10 Å². The minimum atomic E-state index is -3.78. The number of hydrazone groups is 1. The summed E-state index contributed by atoms with van der Waals surface area (Å²) < 4.78 is 30.0. The first-order valence-corrected chi connectivity index (χ1v) is 12.9. The zero-order chi connectivity index (χ0) is 24.3. The third-order valence-corrected chi connectivity index (χ3v) is 8.04. The molecule has 2 heterocycles. The maximum atomic E-state index is 12.8. The Morgan fingerprint density at radius 3 is 2.53 bits per heavy atom. The molecule has 4 rings (SSSR count). The summed E-state index contributed by atoms with van der Waals surface area (Å²) in [5.74, 6) is -0.520. The summed E-state index contributed by atoms with van der Waals surface area (Å²) in [6, 6.07) is 19.8. The topological polar surface area (TPSA) is 92.6 Å². The summed E-state index contributed by atoms with van der Waals surface area (Å²) >= 11 is 1.10. The Bertz CT molecular complexity index is 1470. The van der Waals surface area contributed by atoms with Crippen LogP contribution in [0.15, 0.2) is 81.4 Å². The third kappa shape index (κ3) is 4.95. The van der Waals surface area contributed by atoms with Crippen molar-refractivity contribution in [3.05, 3.63) is 100 Å². The number of nitrogens with zero attached hydrogens (tertiary/aromatic N) is 2. The van der Waals surface area contributed by atoms with Gasteiger partial charge in [0.05, 0.1) is 17.5 Å². The van der Waals surface area contributed by atoms with Crippen molar-refractivity contribution in [1.82, 2.24) is 9.99 Å². The first-order chi connectivity index (χ1) is 16.3. The molecule has 0 atom stereocenters. The van der Waals surface area contributed by atoms with E-state index in [4.69, 9.17) is 0 Å².